The van der Waals surface area contributed by atoms with Gasteiger partial charge in [-0.3, -0.25) is 9.38 Å². The standard InChI is InChI=1S/C25H18F2N4O/c1-16-13-19(9-11-28-16)24-23(30-25-29-10-2-12-31(24)25)18-5-8-22(21(27)14-18)32-15-17-3-6-20(26)7-4-17/h2-14H,15H2,1H3. The van der Waals surface area contributed by atoms with Gasteiger partial charge in [0.25, 0.3) is 0 Å². The van der Waals surface area contributed by atoms with E-state index < -0.39 is 5.82 Å². The van der Waals surface area contributed by atoms with Gasteiger partial charge >= 0.3 is 0 Å². The van der Waals surface area contributed by atoms with Gasteiger partial charge in [-0.05, 0) is 61.0 Å². The monoisotopic (exact) mass is 428 g/mol. The Morgan fingerprint density at radius 2 is 1.75 bits per heavy atom. The SMILES string of the molecule is Cc1cc(-c2c(-c3ccc(OCc4ccc(F)cc4)c(F)c3)nc3ncccn23)ccn1. The summed E-state index contributed by atoms with van der Waals surface area (Å²) in [5, 5.41) is 0. The van der Waals surface area contributed by atoms with Crippen LogP contribution in [-0.4, -0.2) is 19.4 Å². The summed E-state index contributed by atoms with van der Waals surface area (Å²) in [7, 11) is 0. The number of pyridine rings is 1. The molecule has 0 aliphatic rings. The molecule has 5 aromatic rings. The molecule has 0 aliphatic heterocycles. The summed E-state index contributed by atoms with van der Waals surface area (Å²) >= 11 is 0. The molecule has 0 fully saturated rings. The molecule has 0 N–H and O–H groups in total. The van der Waals surface area contributed by atoms with Gasteiger partial charge in [0.15, 0.2) is 11.6 Å². The van der Waals surface area contributed by atoms with Crippen molar-refractivity contribution >= 4 is 5.78 Å². The third-order valence-corrected chi connectivity index (χ3v) is 5.09. The Labute approximate surface area is 183 Å². The molecule has 0 radical (unpaired) electrons. The Balaban J connectivity index is 1.52. The Bertz CT molecular complexity index is 1410. The quantitative estimate of drug-likeness (QED) is 0.364. The maximum absolute atomic E-state index is 14.9. The summed E-state index contributed by atoms with van der Waals surface area (Å²) in [5.74, 6) is -0.205. The Kier molecular flexibility index (Phi) is 5.07. The van der Waals surface area contributed by atoms with Gasteiger partial charge in [0, 0.05) is 35.4 Å². The van der Waals surface area contributed by atoms with E-state index in [4.69, 9.17) is 4.74 Å². The van der Waals surface area contributed by atoms with Crippen LogP contribution >= 0.6 is 0 Å². The van der Waals surface area contributed by atoms with Crippen LogP contribution < -0.4 is 4.74 Å². The smallest absolute Gasteiger partial charge is 0.234 e. The molecule has 32 heavy (non-hydrogen) atoms. The molecular formula is C25H18F2N4O. The Morgan fingerprint density at radius 3 is 2.53 bits per heavy atom. The molecule has 5 nitrogen and oxygen atoms in total. The summed E-state index contributed by atoms with van der Waals surface area (Å²) in [6.45, 7) is 2.05. The molecule has 0 atom stereocenters. The van der Waals surface area contributed by atoms with Crippen LogP contribution in [0.4, 0.5) is 8.78 Å². The number of hydrogen-bond acceptors (Lipinski definition) is 4. The minimum absolute atomic E-state index is 0.112. The number of rotatable bonds is 5. The first-order chi connectivity index (χ1) is 15.6. The minimum Gasteiger partial charge on any atom is -0.486 e. The third kappa shape index (κ3) is 3.80. The molecule has 2 aromatic carbocycles. The number of imidazole rings is 1. The van der Waals surface area contributed by atoms with Crippen LogP contribution in [0.15, 0.2) is 79.3 Å². The maximum Gasteiger partial charge on any atom is 0.234 e. The Morgan fingerprint density at radius 1 is 0.906 bits per heavy atom. The zero-order valence-corrected chi connectivity index (χ0v) is 17.2. The van der Waals surface area contributed by atoms with Crippen molar-refractivity contribution in [2.24, 2.45) is 0 Å². The van der Waals surface area contributed by atoms with E-state index >= 15 is 0 Å². The van der Waals surface area contributed by atoms with Crippen molar-refractivity contribution in [3.05, 3.63) is 102 Å². The second-order valence-electron chi connectivity index (χ2n) is 7.34. The topological polar surface area (TPSA) is 52.3 Å². The lowest BCUT2D eigenvalue weighted by atomic mass is 10.0. The number of nitrogens with zero attached hydrogens (tertiary/aromatic N) is 4. The van der Waals surface area contributed by atoms with Gasteiger partial charge in [-0.25, -0.2) is 18.7 Å². The molecule has 0 spiro atoms. The van der Waals surface area contributed by atoms with Crippen molar-refractivity contribution in [1.29, 1.82) is 0 Å². The summed E-state index contributed by atoms with van der Waals surface area (Å²) in [6.07, 6.45) is 5.28. The van der Waals surface area contributed by atoms with Crippen molar-refractivity contribution in [3.8, 4) is 28.3 Å². The van der Waals surface area contributed by atoms with E-state index in [-0.39, 0.29) is 18.2 Å². The Hall–Kier alpha value is -4.13. The van der Waals surface area contributed by atoms with E-state index in [2.05, 4.69) is 15.0 Å². The third-order valence-electron chi connectivity index (χ3n) is 5.09. The van der Waals surface area contributed by atoms with Crippen LogP contribution in [0.1, 0.15) is 11.3 Å². The molecule has 3 heterocycles. The summed E-state index contributed by atoms with van der Waals surface area (Å²) in [4.78, 5) is 13.3. The number of ether oxygens (including phenoxy) is 1. The molecule has 0 amide bonds. The highest BCUT2D eigenvalue weighted by Crippen LogP contribution is 2.34. The number of halogens is 2. The predicted octanol–water partition coefficient (Wildman–Crippen LogP) is 5.62. The lowest BCUT2D eigenvalue weighted by Crippen LogP contribution is -1.98. The van der Waals surface area contributed by atoms with Crippen molar-refractivity contribution in [2.75, 3.05) is 0 Å². The summed E-state index contributed by atoms with van der Waals surface area (Å²) in [6, 6.07) is 16.3. The molecule has 158 valence electrons. The van der Waals surface area contributed by atoms with Crippen molar-refractivity contribution in [1.82, 2.24) is 19.4 Å². The van der Waals surface area contributed by atoms with Gasteiger partial charge in [-0.2, -0.15) is 0 Å². The van der Waals surface area contributed by atoms with E-state index in [0.717, 1.165) is 22.5 Å². The second kappa shape index (κ2) is 8.19. The fourth-order valence-corrected chi connectivity index (χ4v) is 3.56. The fraction of sp³-hybridized carbons (Fsp3) is 0.0800. The van der Waals surface area contributed by atoms with Crippen molar-refractivity contribution < 1.29 is 13.5 Å². The predicted molar refractivity (Wildman–Crippen MR) is 117 cm³/mol. The van der Waals surface area contributed by atoms with Crippen LogP contribution in [0.2, 0.25) is 0 Å². The first-order valence-corrected chi connectivity index (χ1v) is 10.0. The molecule has 0 saturated heterocycles. The van der Waals surface area contributed by atoms with Crippen LogP contribution in [-0.2, 0) is 6.61 Å². The zero-order valence-electron chi connectivity index (χ0n) is 17.2. The number of aryl methyl sites for hydroxylation is 1. The first kappa shape index (κ1) is 19.8. The number of aromatic nitrogens is 4. The first-order valence-electron chi connectivity index (χ1n) is 10.0. The molecule has 0 bridgehead atoms. The molecule has 3 aromatic heterocycles. The largest absolute Gasteiger partial charge is 0.486 e. The molecule has 0 aliphatic carbocycles. The molecule has 0 unspecified atom stereocenters. The van der Waals surface area contributed by atoms with Gasteiger partial charge in [0.05, 0.1) is 11.4 Å². The van der Waals surface area contributed by atoms with Crippen molar-refractivity contribution in [2.45, 2.75) is 13.5 Å². The normalized spacial score (nSPS) is 11.1. The minimum atomic E-state index is -0.508. The van der Waals surface area contributed by atoms with E-state index in [9.17, 15) is 8.78 Å². The highest BCUT2D eigenvalue weighted by Gasteiger charge is 2.18. The van der Waals surface area contributed by atoms with Crippen LogP contribution in [0, 0.1) is 18.6 Å². The number of hydrogen-bond donors (Lipinski definition) is 0. The molecule has 5 rings (SSSR count). The van der Waals surface area contributed by atoms with Gasteiger partial charge in [0.2, 0.25) is 5.78 Å². The highest BCUT2D eigenvalue weighted by atomic mass is 19.1. The molecular weight excluding hydrogens is 410 g/mol. The fourth-order valence-electron chi connectivity index (χ4n) is 3.56. The zero-order chi connectivity index (χ0) is 22.1. The average Bonchev–Trinajstić information content (AvgIpc) is 3.19. The lowest BCUT2D eigenvalue weighted by Gasteiger charge is -2.10. The lowest BCUT2D eigenvalue weighted by molar-refractivity contribution is 0.290. The molecule has 0 saturated carbocycles. The van der Waals surface area contributed by atoms with Crippen molar-refractivity contribution in [3.63, 3.8) is 0 Å². The second-order valence-corrected chi connectivity index (χ2v) is 7.34. The van der Waals surface area contributed by atoms with Crippen LogP contribution in [0.25, 0.3) is 28.3 Å². The summed E-state index contributed by atoms with van der Waals surface area (Å²) < 4.78 is 35.4. The molecule has 7 heteroatoms. The van der Waals surface area contributed by atoms with E-state index in [0.29, 0.717) is 17.0 Å². The van der Waals surface area contributed by atoms with E-state index in [1.165, 1.54) is 18.2 Å². The summed E-state index contributed by atoms with van der Waals surface area (Å²) in [5.41, 5.74) is 4.53. The number of fused-ring (bicyclic) bond motifs is 1. The maximum atomic E-state index is 14.9. The highest BCUT2D eigenvalue weighted by molar-refractivity contribution is 5.81. The number of benzene rings is 2. The van der Waals surface area contributed by atoms with Gasteiger partial charge < -0.3 is 4.74 Å². The van der Waals surface area contributed by atoms with Crippen LogP contribution in [0.3, 0.4) is 0 Å². The van der Waals surface area contributed by atoms with Gasteiger partial charge in [0.1, 0.15) is 12.4 Å². The van der Waals surface area contributed by atoms with Gasteiger partial charge in [-0.15, -0.1) is 0 Å². The van der Waals surface area contributed by atoms with E-state index in [1.807, 2.05) is 35.7 Å². The van der Waals surface area contributed by atoms with Crippen LogP contribution in [0.5, 0.6) is 5.75 Å². The van der Waals surface area contributed by atoms with Gasteiger partial charge in [-0.1, -0.05) is 12.1 Å². The average molecular weight is 428 g/mol. The van der Waals surface area contributed by atoms with E-state index in [1.54, 1.807) is 36.7 Å².